The predicted octanol–water partition coefficient (Wildman–Crippen LogP) is 9.39. The van der Waals surface area contributed by atoms with Crippen molar-refractivity contribution in [3.63, 3.8) is 0 Å². The minimum absolute atomic E-state index is 1.05. The molecule has 2 heterocycles. The number of hydrogen-bond donors (Lipinski definition) is 1. The molecular weight excluding hydrogens is 462 g/mol. The zero-order valence-corrected chi connectivity index (χ0v) is 20.8. The van der Waals surface area contributed by atoms with E-state index in [-0.39, 0.29) is 0 Å². The molecule has 0 fully saturated rings. The van der Waals surface area contributed by atoms with Gasteiger partial charge in [0.05, 0.1) is 11.0 Å². The van der Waals surface area contributed by atoms with Gasteiger partial charge in [-0.25, -0.2) is 0 Å². The summed E-state index contributed by atoms with van der Waals surface area (Å²) in [5.74, 6) is 0. The molecule has 0 saturated carbocycles. The smallest absolute Gasteiger partial charge is 0.0547 e. The van der Waals surface area contributed by atoms with Crippen molar-refractivity contribution in [3.05, 3.63) is 140 Å². The van der Waals surface area contributed by atoms with Crippen molar-refractivity contribution in [2.45, 2.75) is 0 Å². The predicted molar refractivity (Wildman–Crippen MR) is 161 cm³/mol. The minimum atomic E-state index is 1.05. The molecule has 7 aromatic rings. The van der Waals surface area contributed by atoms with E-state index in [9.17, 15) is 0 Å². The molecule has 0 aliphatic heterocycles. The van der Waals surface area contributed by atoms with Gasteiger partial charge in [-0.2, -0.15) is 0 Å². The molecule has 0 saturated heterocycles. The number of pyridine rings is 1. The summed E-state index contributed by atoms with van der Waals surface area (Å²) in [6.45, 7) is 4.16. The molecule has 3 heteroatoms. The summed E-state index contributed by atoms with van der Waals surface area (Å²) >= 11 is 0. The number of para-hydroxylation sites is 2. The van der Waals surface area contributed by atoms with Crippen molar-refractivity contribution in [1.29, 1.82) is 0 Å². The Morgan fingerprint density at radius 3 is 2.26 bits per heavy atom. The van der Waals surface area contributed by atoms with Crippen molar-refractivity contribution < 1.29 is 0 Å². The maximum Gasteiger partial charge on any atom is 0.0547 e. The fourth-order valence-electron chi connectivity index (χ4n) is 5.43. The van der Waals surface area contributed by atoms with Gasteiger partial charge in [-0.15, -0.1) is 0 Å². The zero-order valence-electron chi connectivity index (χ0n) is 20.8. The Bertz CT molecular complexity index is 1930. The van der Waals surface area contributed by atoms with Gasteiger partial charge in [0, 0.05) is 45.8 Å². The van der Waals surface area contributed by atoms with E-state index in [2.05, 4.69) is 112 Å². The van der Waals surface area contributed by atoms with Gasteiger partial charge in [0.1, 0.15) is 0 Å². The molecular formula is C35H25N3. The van der Waals surface area contributed by atoms with Crippen molar-refractivity contribution in [3.8, 4) is 16.8 Å². The average Bonchev–Trinajstić information content (AvgIpc) is 3.30. The average molecular weight is 488 g/mol. The molecule has 1 N–H and O–H groups in total. The van der Waals surface area contributed by atoms with Gasteiger partial charge >= 0.3 is 0 Å². The Kier molecular flexibility index (Phi) is 5.26. The Morgan fingerprint density at radius 1 is 0.658 bits per heavy atom. The van der Waals surface area contributed by atoms with Crippen LogP contribution in [-0.2, 0) is 0 Å². The second kappa shape index (κ2) is 9.06. The second-order valence-electron chi connectivity index (χ2n) is 9.45. The number of aromatic nitrogens is 2. The van der Waals surface area contributed by atoms with Crippen LogP contribution in [0.4, 0.5) is 11.4 Å². The van der Waals surface area contributed by atoms with Crippen LogP contribution in [-0.4, -0.2) is 9.55 Å². The maximum absolute atomic E-state index is 4.27. The molecule has 38 heavy (non-hydrogen) atoms. The van der Waals surface area contributed by atoms with E-state index in [0.29, 0.717) is 0 Å². The van der Waals surface area contributed by atoms with Gasteiger partial charge < -0.3 is 9.88 Å². The molecule has 0 spiro atoms. The fourth-order valence-corrected chi connectivity index (χ4v) is 5.43. The zero-order chi connectivity index (χ0) is 25.5. The normalized spacial score (nSPS) is 11.3. The van der Waals surface area contributed by atoms with E-state index >= 15 is 0 Å². The van der Waals surface area contributed by atoms with Gasteiger partial charge in [0.25, 0.3) is 0 Å². The number of rotatable bonds is 5. The van der Waals surface area contributed by atoms with E-state index in [1.165, 1.54) is 32.6 Å². The lowest BCUT2D eigenvalue weighted by Gasteiger charge is -2.14. The van der Waals surface area contributed by atoms with Crippen LogP contribution in [0, 0.1) is 0 Å². The Balaban J connectivity index is 1.43. The largest absolute Gasteiger partial charge is 0.355 e. The highest BCUT2D eigenvalue weighted by Gasteiger charge is 2.15. The molecule has 0 radical (unpaired) electrons. The highest BCUT2D eigenvalue weighted by atomic mass is 15.0. The molecule has 7 rings (SSSR count). The standard InChI is InChI=1S/C35H25N3/c1-2-29-31-22-32-30-12-6-7-13-34(30)38(28-17-14-24(15-18-28)26-9-8-20-36-23-26)35(32)21-25(31)16-19-33(29)37-27-10-4-3-5-11-27/h2-23,37H,1H2. The third kappa shape index (κ3) is 3.64. The van der Waals surface area contributed by atoms with Gasteiger partial charge in [-0.1, -0.05) is 73.3 Å². The van der Waals surface area contributed by atoms with Crippen LogP contribution in [0.3, 0.4) is 0 Å². The van der Waals surface area contributed by atoms with Crippen molar-refractivity contribution >= 4 is 50.0 Å². The van der Waals surface area contributed by atoms with Gasteiger partial charge in [0.2, 0.25) is 0 Å². The van der Waals surface area contributed by atoms with Gasteiger partial charge in [-0.05, 0) is 76.5 Å². The maximum atomic E-state index is 4.27. The van der Waals surface area contributed by atoms with Crippen LogP contribution in [0.1, 0.15) is 5.56 Å². The summed E-state index contributed by atoms with van der Waals surface area (Å²) in [5.41, 5.74) is 8.99. The Morgan fingerprint density at radius 2 is 1.47 bits per heavy atom. The van der Waals surface area contributed by atoms with Crippen LogP contribution in [0.15, 0.2) is 134 Å². The molecule has 0 atom stereocenters. The molecule has 0 amide bonds. The number of nitrogens with zero attached hydrogens (tertiary/aromatic N) is 2. The number of benzene rings is 5. The van der Waals surface area contributed by atoms with Crippen molar-refractivity contribution in [2.75, 3.05) is 5.32 Å². The van der Waals surface area contributed by atoms with E-state index in [1.807, 2.05) is 36.5 Å². The fraction of sp³-hybridized carbons (Fsp3) is 0. The SMILES string of the molecule is C=Cc1c(Nc2ccccc2)ccc2cc3c(cc12)c1ccccc1n3-c1ccc(-c2cccnc2)cc1. The highest BCUT2D eigenvalue weighted by molar-refractivity contribution is 6.15. The van der Waals surface area contributed by atoms with E-state index in [1.54, 1.807) is 6.20 Å². The van der Waals surface area contributed by atoms with Crippen LogP contribution in [0.25, 0.3) is 55.5 Å². The number of hydrogen-bond acceptors (Lipinski definition) is 2. The molecule has 2 aromatic heterocycles. The first-order chi connectivity index (χ1) is 18.8. The summed E-state index contributed by atoms with van der Waals surface area (Å²) in [5, 5.41) is 8.40. The topological polar surface area (TPSA) is 29.9 Å². The summed E-state index contributed by atoms with van der Waals surface area (Å²) < 4.78 is 2.36. The summed E-state index contributed by atoms with van der Waals surface area (Å²) in [6, 6.07) is 40.7. The molecule has 5 aromatic carbocycles. The summed E-state index contributed by atoms with van der Waals surface area (Å²) in [7, 11) is 0. The lowest BCUT2D eigenvalue weighted by atomic mass is 9.99. The molecule has 3 nitrogen and oxygen atoms in total. The quantitative estimate of drug-likeness (QED) is 0.262. The van der Waals surface area contributed by atoms with Crippen LogP contribution in [0.5, 0.6) is 0 Å². The monoisotopic (exact) mass is 487 g/mol. The number of fused-ring (bicyclic) bond motifs is 4. The van der Waals surface area contributed by atoms with Gasteiger partial charge in [0.15, 0.2) is 0 Å². The molecule has 0 bridgehead atoms. The number of anilines is 2. The highest BCUT2D eigenvalue weighted by Crippen LogP contribution is 2.38. The molecule has 0 aliphatic rings. The van der Waals surface area contributed by atoms with E-state index < -0.39 is 0 Å². The lowest BCUT2D eigenvalue weighted by molar-refractivity contribution is 1.18. The molecule has 180 valence electrons. The van der Waals surface area contributed by atoms with Crippen molar-refractivity contribution in [2.24, 2.45) is 0 Å². The molecule has 0 aliphatic carbocycles. The summed E-state index contributed by atoms with van der Waals surface area (Å²) in [4.78, 5) is 4.27. The van der Waals surface area contributed by atoms with Crippen molar-refractivity contribution in [1.82, 2.24) is 9.55 Å². The Hall–Kier alpha value is -5.15. The van der Waals surface area contributed by atoms with Crippen LogP contribution in [0.2, 0.25) is 0 Å². The van der Waals surface area contributed by atoms with Crippen LogP contribution < -0.4 is 5.32 Å². The number of nitrogens with one attached hydrogen (secondary N) is 1. The van der Waals surface area contributed by atoms with E-state index in [0.717, 1.165) is 33.8 Å². The third-order valence-electron chi connectivity index (χ3n) is 7.23. The first kappa shape index (κ1) is 22.1. The second-order valence-corrected chi connectivity index (χ2v) is 9.45. The third-order valence-corrected chi connectivity index (χ3v) is 7.23. The minimum Gasteiger partial charge on any atom is -0.355 e. The first-order valence-electron chi connectivity index (χ1n) is 12.8. The van der Waals surface area contributed by atoms with Gasteiger partial charge in [-0.3, -0.25) is 4.98 Å². The Labute approximate surface area is 221 Å². The molecule has 0 unspecified atom stereocenters. The summed E-state index contributed by atoms with van der Waals surface area (Å²) in [6.07, 6.45) is 5.66. The lowest BCUT2D eigenvalue weighted by Crippen LogP contribution is -1.95. The first-order valence-corrected chi connectivity index (χ1v) is 12.8. The van der Waals surface area contributed by atoms with Crippen LogP contribution >= 0.6 is 0 Å². The van der Waals surface area contributed by atoms with E-state index in [4.69, 9.17) is 0 Å².